The molecule has 174 valence electrons. The summed E-state index contributed by atoms with van der Waals surface area (Å²) in [6.45, 7) is 1.88. The van der Waals surface area contributed by atoms with E-state index in [1.165, 1.54) is 28.8 Å². The molecule has 0 aliphatic carbocycles. The Kier molecular flexibility index (Phi) is 6.40. The second-order valence-electron chi connectivity index (χ2n) is 7.38. The molecule has 0 spiro atoms. The summed E-state index contributed by atoms with van der Waals surface area (Å²) in [5.41, 5.74) is -0.0768. The van der Waals surface area contributed by atoms with Gasteiger partial charge in [0, 0.05) is 11.6 Å². The van der Waals surface area contributed by atoms with Crippen LogP contribution in [0.5, 0.6) is 0 Å². The summed E-state index contributed by atoms with van der Waals surface area (Å²) >= 11 is 6.62. The number of aryl methyl sites for hydroxylation is 1. The molecule has 0 amide bonds. The van der Waals surface area contributed by atoms with Crippen molar-refractivity contribution in [2.24, 2.45) is 0 Å². The van der Waals surface area contributed by atoms with Crippen LogP contribution in [-0.4, -0.2) is 4.57 Å². The number of nitrogens with zero attached hydrogens (tertiary/aromatic N) is 3. The minimum Gasteiger partial charge on any atom is -0.457 e. The third-order valence-electron chi connectivity index (χ3n) is 5.01. The van der Waals surface area contributed by atoms with Gasteiger partial charge in [-0.2, -0.15) is 23.7 Å². The van der Waals surface area contributed by atoms with Gasteiger partial charge in [-0.15, -0.1) is 11.3 Å². The van der Waals surface area contributed by atoms with E-state index in [4.69, 9.17) is 16.0 Å². The van der Waals surface area contributed by atoms with Crippen molar-refractivity contribution >= 4 is 34.6 Å². The lowest BCUT2D eigenvalue weighted by atomic mass is 10.1. The molecule has 10 heteroatoms. The standard InChI is InChI=1S/C25H13ClF3N3O2S/c1-14-2-5-17(6-3-14)32-23(33)22(35-24(32)16(12-30)13-31)11-18-7-9-21(34-18)15-4-8-20(26)19(10-15)25(27,28)29/h2-11H,1H3/b22-11+. The summed E-state index contributed by atoms with van der Waals surface area (Å²) in [4.78, 5) is 13.2. The highest BCUT2D eigenvalue weighted by Gasteiger charge is 2.33. The third kappa shape index (κ3) is 4.78. The predicted molar refractivity (Wildman–Crippen MR) is 126 cm³/mol. The van der Waals surface area contributed by atoms with Crippen LogP contribution in [0.1, 0.15) is 16.9 Å². The highest BCUT2D eigenvalue weighted by atomic mass is 35.5. The monoisotopic (exact) mass is 511 g/mol. The lowest BCUT2D eigenvalue weighted by Gasteiger charge is -2.09. The van der Waals surface area contributed by atoms with Crippen LogP contribution in [0.25, 0.3) is 28.7 Å². The molecule has 0 aliphatic heterocycles. The zero-order chi connectivity index (χ0) is 25.3. The van der Waals surface area contributed by atoms with E-state index in [1.54, 1.807) is 24.3 Å². The van der Waals surface area contributed by atoms with Crippen molar-refractivity contribution in [3.63, 3.8) is 0 Å². The molecule has 0 radical (unpaired) electrons. The summed E-state index contributed by atoms with van der Waals surface area (Å²) in [5, 5.41) is 18.3. The van der Waals surface area contributed by atoms with Gasteiger partial charge in [0.15, 0.2) is 5.57 Å². The molecule has 2 aromatic carbocycles. The van der Waals surface area contributed by atoms with Crippen LogP contribution >= 0.6 is 22.9 Å². The van der Waals surface area contributed by atoms with E-state index in [9.17, 15) is 28.5 Å². The van der Waals surface area contributed by atoms with Crippen molar-refractivity contribution in [2.75, 3.05) is 0 Å². The van der Waals surface area contributed by atoms with Crippen molar-refractivity contribution in [3.8, 4) is 29.1 Å². The minimum atomic E-state index is -4.63. The van der Waals surface area contributed by atoms with Crippen LogP contribution in [0.15, 0.2) is 63.8 Å². The first-order chi connectivity index (χ1) is 16.6. The maximum atomic E-state index is 13.2. The number of furan rings is 1. The van der Waals surface area contributed by atoms with E-state index in [0.717, 1.165) is 29.0 Å². The molecule has 5 nitrogen and oxygen atoms in total. The molecule has 0 atom stereocenters. The third-order valence-corrected chi connectivity index (χ3v) is 6.43. The fourth-order valence-electron chi connectivity index (χ4n) is 3.31. The first-order valence-corrected chi connectivity index (χ1v) is 11.1. The lowest BCUT2D eigenvalue weighted by molar-refractivity contribution is -0.137. The predicted octanol–water partition coefficient (Wildman–Crippen LogP) is 5.17. The fourth-order valence-corrected chi connectivity index (χ4v) is 4.57. The molecule has 2 aromatic heterocycles. The van der Waals surface area contributed by atoms with Gasteiger partial charge in [0.05, 0.1) is 20.8 Å². The molecule has 4 rings (SSSR count). The van der Waals surface area contributed by atoms with Gasteiger partial charge in [-0.3, -0.25) is 9.36 Å². The normalized spacial score (nSPS) is 11.8. The molecular formula is C25H13ClF3N3O2S. The SMILES string of the molecule is Cc1ccc(-n2c(=C(C#N)C#N)s/c(=C/c3ccc(-c4ccc(Cl)c(C(F)(F)F)c4)o3)c2=O)cc1. The number of thiazole rings is 1. The molecule has 35 heavy (non-hydrogen) atoms. The Hall–Kier alpha value is -4.05. The van der Waals surface area contributed by atoms with Crippen LogP contribution < -0.4 is 14.8 Å². The van der Waals surface area contributed by atoms with Crippen LogP contribution in [0, 0.1) is 29.6 Å². The quantitative estimate of drug-likeness (QED) is 0.380. The van der Waals surface area contributed by atoms with Gasteiger partial charge in [0.1, 0.15) is 28.3 Å². The van der Waals surface area contributed by atoms with Crippen molar-refractivity contribution in [2.45, 2.75) is 13.1 Å². The number of aromatic nitrogens is 1. The molecule has 0 saturated heterocycles. The van der Waals surface area contributed by atoms with E-state index in [0.29, 0.717) is 5.69 Å². The maximum absolute atomic E-state index is 13.2. The van der Waals surface area contributed by atoms with Gasteiger partial charge in [0.2, 0.25) is 0 Å². The topological polar surface area (TPSA) is 82.7 Å². The maximum Gasteiger partial charge on any atom is 0.417 e. The summed E-state index contributed by atoms with van der Waals surface area (Å²) < 4.78 is 46.9. The Morgan fingerprint density at radius 1 is 1.09 bits per heavy atom. The number of hydrogen-bond acceptors (Lipinski definition) is 5. The second-order valence-corrected chi connectivity index (χ2v) is 8.82. The first-order valence-electron chi connectivity index (χ1n) is 9.94. The van der Waals surface area contributed by atoms with Crippen LogP contribution in [0.4, 0.5) is 13.2 Å². The Balaban J connectivity index is 1.86. The molecule has 2 heterocycles. The number of nitriles is 2. The summed E-state index contributed by atoms with van der Waals surface area (Å²) in [5.74, 6) is 0.357. The molecule has 0 bridgehead atoms. The van der Waals surface area contributed by atoms with E-state index in [2.05, 4.69) is 0 Å². The van der Waals surface area contributed by atoms with Crippen LogP contribution in [-0.2, 0) is 6.18 Å². The highest BCUT2D eigenvalue weighted by molar-refractivity contribution is 7.07. The number of benzene rings is 2. The Labute approximate surface area is 205 Å². The lowest BCUT2D eigenvalue weighted by Crippen LogP contribution is -2.30. The summed E-state index contributed by atoms with van der Waals surface area (Å²) in [6.07, 6.45) is -3.21. The molecule has 0 fully saturated rings. The molecule has 4 aromatic rings. The van der Waals surface area contributed by atoms with Crippen molar-refractivity contribution in [1.29, 1.82) is 10.5 Å². The first kappa shape index (κ1) is 24.1. The van der Waals surface area contributed by atoms with E-state index >= 15 is 0 Å². The summed E-state index contributed by atoms with van der Waals surface area (Å²) in [6, 6.07) is 17.0. The Bertz CT molecular complexity index is 1680. The molecule has 0 saturated carbocycles. The van der Waals surface area contributed by atoms with Gasteiger partial charge >= 0.3 is 6.18 Å². The fraction of sp³-hybridized carbons (Fsp3) is 0.0800. The zero-order valence-electron chi connectivity index (χ0n) is 17.9. The van der Waals surface area contributed by atoms with Crippen molar-refractivity contribution < 1.29 is 17.6 Å². The Morgan fingerprint density at radius 3 is 2.40 bits per heavy atom. The van der Waals surface area contributed by atoms with E-state index in [1.807, 2.05) is 19.1 Å². The van der Waals surface area contributed by atoms with Crippen LogP contribution in [0.2, 0.25) is 5.02 Å². The zero-order valence-corrected chi connectivity index (χ0v) is 19.4. The number of alkyl halides is 3. The van der Waals surface area contributed by atoms with E-state index < -0.39 is 22.3 Å². The van der Waals surface area contributed by atoms with Gasteiger partial charge in [-0.1, -0.05) is 29.3 Å². The van der Waals surface area contributed by atoms with Gasteiger partial charge in [-0.25, -0.2) is 0 Å². The van der Waals surface area contributed by atoms with Crippen LogP contribution in [0.3, 0.4) is 0 Å². The average Bonchev–Trinajstić information content (AvgIpc) is 3.40. The highest BCUT2D eigenvalue weighted by Crippen LogP contribution is 2.37. The Morgan fingerprint density at radius 2 is 1.77 bits per heavy atom. The number of rotatable bonds is 3. The largest absolute Gasteiger partial charge is 0.457 e. The van der Waals surface area contributed by atoms with Gasteiger partial charge in [-0.05, 0) is 49.4 Å². The second kappa shape index (κ2) is 9.30. The van der Waals surface area contributed by atoms with E-state index in [-0.39, 0.29) is 31.9 Å². The number of halogens is 4. The van der Waals surface area contributed by atoms with Gasteiger partial charge in [0.25, 0.3) is 5.56 Å². The molecular weight excluding hydrogens is 499 g/mol. The summed E-state index contributed by atoms with van der Waals surface area (Å²) in [7, 11) is 0. The average molecular weight is 512 g/mol. The molecule has 0 N–H and O–H groups in total. The van der Waals surface area contributed by atoms with Crippen molar-refractivity contribution in [3.05, 3.63) is 96.1 Å². The smallest absolute Gasteiger partial charge is 0.417 e. The van der Waals surface area contributed by atoms with Crippen molar-refractivity contribution in [1.82, 2.24) is 4.57 Å². The molecule has 0 aliphatic rings. The molecule has 0 unspecified atom stereocenters. The number of hydrogen-bond donors (Lipinski definition) is 0. The van der Waals surface area contributed by atoms with Gasteiger partial charge < -0.3 is 4.42 Å². The minimum absolute atomic E-state index is 0.148.